The second-order valence-corrected chi connectivity index (χ2v) is 6.01. The van der Waals surface area contributed by atoms with Gasteiger partial charge < -0.3 is 10.6 Å². The van der Waals surface area contributed by atoms with Crippen LogP contribution >= 0.6 is 23.1 Å². The number of anilines is 2. The first-order valence-corrected chi connectivity index (χ1v) is 8.58. The summed E-state index contributed by atoms with van der Waals surface area (Å²) in [6.45, 7) is 6.99. The number of hydrogen-bond acceptors (Lipinski definition) is 7. The van der Waals surface area contributed by atoms with E-state index in [1.54, 1.807) is 11.3 Å². The van der Waals surface area contributed by atoms with E-state index in [1.807, 2.05) is 19.2 Å². The van der Waals surface area contributed by atoms with Crippen molar-refractivity contribution in [2.24, 2.45) is 0 Å². The first-order chi connectivity index (χ1) is 9.62. The molecule has 2 heterocycles. The molecule has 0 saturated carbocycles. The number of nitrogens with one attached hydrogen (secondary N) is 2. The third kappa shape index (κ3) is 3.83. The summed E-state index contributed by atoms with van der Waals surface area (Å²) in [6.07, 6.45) is 1.97. The zero-order chi connectivity index (χ0) is 14.5. The van der Waals surface area contributed by atoms with E-state index in [4.69, 9.17) is 0 Å². The second kappa shape index (κ2) is 6.90. The van der Waals surface area contributed by atoms with Gasteiger partial charge in [-0.15, -0.1) is 11.3 Å². The number of aromatic nitrogens is 3. The highest BCUT2D eigenvalue weighted by atomic mass is 32.2. The Morgan fingerprint density at radius 1 is 1.30 bits per heavy atom. The maximum Gasteiger partial charge on any atom is 0.191 e. The van der Waals surface area contributed by atoms with E-state index in [0.717, 1.165) is 34.0 Å². The standard InChI is InChI=1S/C13H19N5S2/c1-5-14-10-6-11(18-13(17-10)19-4)16-9(3)12-15-8(2)7-20-12/h6-7,9H,5H2,1-4H3,(H2,14,16,17,18). The minimum absolute atomic E-state index is 0.132. The summed E-state index contributed by atoms with van der Waals surface area (Å²) in [5, 5.41) is 10.5. The smallest absolute Gasteiger partial charge is 0.191 e. The normalized spacial score (nSPS) is 12.2. The Balaban J connectivity index is 2.17. The molecule has 1 atom stereocenters. The lowest BCUT2D eigenvalue weighted by Gasteiger charge is -2.13. The van der Waals surface area contributed by atoms with Crippen LogP contribution in [0.15, 0.2) is 16.6 Å². The molecular weight excluding hydrogens is 290 g/mol. The van der Waals surface area contributed by atoms with E-state index in [2.05, 4.69) is 44.8 Å². The van der Waals surface area contributed by atoms with Crippen LogP contribution in [-0.4, -0.2) is 27.8 Å². The van der Waals surface area contributed by atoms with Gasteiger partial charge in [0.2, 0.25) is 0 Å². The summed E-state index contributed by atoms with van der Waals surface area (Å²) in [5.74, 6) is 1.66. The highest BCUT2D eigenvalue weighted by Gasteiger charge is 2.11. The molecule has 2 aromatic rings. The molecule has 1 unspecified atom stereocenters. The third-order valence-electron chi connectivity index (χ3n) is 2.62. The molecule has 0 aliphatic carbocycles. The van der Waals surface area contributed by atoms with Crippen LogP contribution in [0.1, 0.15) is 30.6 Å². The Bertz CT molecular complexity index is 570. The van der Waals surface area contributed by atoms with Gasteiger partial charge in [0.1, 0.15) is 16.6 Å². The van der Waals surface area contributed by atoms with Crippen LogP contribution in [0.5, 0.6) is 0 Å². The summed E-state index contributed by atoms with van der Waals surface area (Å²) < 4.78 is 0. The van der Waals surface area contributed by atoms with Gasteiger partial charge in [-0.1, -0.05) is 11.8 Å². The number of aryl methyl sites for hydroxylation is 1. The van der Waals surface area contributed by atoms with Crippen molar-refractivity contribution in [3.8, 4) is 0 Å². The van der Waals surface area contributed by atoms with Gasteiger partial charge in [0.25, 0.3) is 0 Å². The van der Waals surface area contributed by atoms with E-state index in [1.165, 1.54) is 11.8 Å². The highest BCUT2D eigenvalue weighted by Crippen LogP contribution is 2.24. The highest BCUT2D eigenvalue weighted by molar-refractivity contribution is 7.98. The van der Waals surface area contributed by atoms with Gasteiger partial charge in [-0.05, 0) is 27.0 Å². The predicted octanol–water partition coefficient (Wildman–Crippen LogP) is 3.57. The van der Waals surface area contributed by atoms with Crippen LogP contribution in [0.2, 0.25) is 0 Å². The lowest BCUT2D eigenvalue weighted by Crippen LogP contribution is -2.10. The zero-order valence-electron chi connectivity index (χ0n) is 12.1. The predicted molar refractivity (Wildman–Crippen MR) is 86.9 cm³/mol. The summed E-state index contributed by atoms with van der Waals surface area (Å²) in [7, 11) is 0. The van der Waals surface area contributed by atoms with Gasteiger partial charge in [0.05, 0.1) is 6.04 Å². The molecule has 0 aromatic carbocycles. The molecule has 20 heavy (non-hydrogen) atoms. The number of rotatable bonds is 6. The first-order valence-electron chi connectivity index (χ1n) is 6.48. The van der Waals surface area contributed by atoms with Crippen molar-refractivity contribution in [1.82, 2.24) is 15.0 Å². The number of nitrogens with zero attached hydrogens (tertiary/aromatic N) is 3. The van der Waals surface area contributed by atoms with Crippen LogP contribution in [0.4, 0.5) is 11.6 Å². The van der Waals surface area contributed by atoms with Crippen LogP contribution < -0.4 is 10.6 Å². The molecule has 108 valence electrons. The molecule has 2 N–H and O–H groups in total. The number of thioether (sulfide) groups is 1. The summed E-state index contributed by atoms with van der Waals surface area (Å²) >= 11 is 3.20. The van der Waals surface area contributed by atoms with Crippen molar-refractivity contribution in [2.75, 3.05) is 23.4 Å². The monoisotopic (exact) mass is 309 g/mol. The molecule has 0 aliphatic rings. The van der Waals surface area contributed by atoms with Crippen LogP contribution in [0.25, 0.3) is 0 Å². The molecule has 5 nitrogen and oxygen atoms in total. The molecule has 0 amide bonds. The van der Waals surface area contributed by atoms with Crippen LogP contribution in [0, 0.1) is 6.92 Å². The average Bonchev–Trinajstić information content (AvgIpc) is 2.85. The average molecular weight is 309 g/mol. The van der Waals surface area contributed by atoms with Gasteiger partial charge in [-0.2, -0.15) is 0 Å². The molecule has 2 rings (SSSR count). The fourth-order valence-electron chi connectivity index (χ4n) is 1.72. The molecule has 0 radical (unpaired) electrons. The van der Waals surface area contributed by atoms with Crippen molar-refractivity contribution in [3.63, 3.8) is 0 Å². The van der Waals surface area contributed by atoms with E-state index in [-0.39, 0.29) is 6.04 Å². The topological polar surface area (TPSA) is 62.7 Å². The zero-order valence-corrected chi connectivity index (χ0v) is 13.7. The van der Waals surface area contributed by atoms with E-state index >= 15 is 0 Å². The van der Waals surface area contributed by atoms with E-state index in [0.29, 0.717) is 0 Å². The lowest BCUT2D eigenvalue weighted by molar-refractivity contribution is 0.841. The molecule has 0 saturated heterocycles. The molecule has 0 aliphatic heterocycles. The van der Waals surface area contributed by atoms with Crippen LogP contribution in [-0.2, 0) is 0 Å². The fraction of sp³-hybridized carbons (Fsp3) is 0.462. The Morgan fingerprint density at radius 2 is 2.05 bits per heavy atom. The Hall–Kier alpha value is -1.34. The lowest BCUT2D eigenvalue weighted by atomic mass is 10.3. The minimum atomic E-state index is 0.132. The maximum atomic E-state index is 4.50. The summed E-state index contributed by atoms with van der Waals surface area (Å²) in [4.78, 5) is 13.4. The van der Waals surface area contributed by atoms with Gasteiger partial charge >= 0.3 is 0 Å². The van der Waals surface area contributed by atoms with Crippen molar-refractivity contribution < 1.29 is 0 Å². The van der Waals surface area contributed by atoms with E-state index in [9.17, 15) is 0 Å². The van der Waals surface area contributed by atoms with Gasteiger partial charge in [0, 0.05) is 23.7 Å². The largest absolute Gasteiger partial charge is 0.370 e. The SMILES string of the molecule is CCNc1cc(NC(C)c2nc(C)cs2)nc(SC)n1. The molecule has 0 spiro atoms. The summed E-state index contributed by atoms with van der Waals surface area (Å²) in [6, 6.07) is 2.06. The summed E-state index contributed by atoms with van der Waals surface area (Å²) in [5.41, 5.74) is 1.06. The number of thiazole rings is 1. The minimum Gasteiger partial charge on any atom is -0.370 e. The van der Waals surface area contributed by atoms with Crippen molar-refractivity contribution in [2.45, 2.75) is 32.0 Å². The molecule has 0 bridgehead atoms. The van der Waals surface area contributed by atoms with Crippen molar-refractivity contribution in [3.05, 3.63) is 22.1 Å². The Labute approximate surface area is 127 Å². The molecule has 2 aromatic heterocycles. The fourth-order valence-corrected chi connectivity index (χ4v) is 2.90. The number of hydrogen-bond donors (Lipinski definition) is 2. The van der Waals surface area contributed by atoms with Crippen LogP contribution in [0.3, 0.4) is 0 Å². The Morgan fingerprint density at radius 3 is 2.65 bits per heavy atom. The van der Waals surface area contributed by atoms with Gasteiger partial charge in [-0.3, -0.25) is 0 Å². The molecule has 7 heteroatoms. The second-order valence-electron chi connectivity index (χ2n) is 4.35. The van der Waals surface area contributed by atoms with Gasteiger partial charge in [0.15, 0.2) is 5.16 Å². The molecule has 0 fully saturated rings. The van der Waals surface area contributed by atoms with E-state index < -0.39 is 0 Å². The Kier molecular flexibility index (Phi) is 5.19. The van der Waals surface area contributed by atoms with Gasteiger partial charge in [-0.25, -0.2) is 15.0 Å². The third-order valence-corrected chi connectivity index (χ3v) is 4.31. The van der Waals surface area contributed by atoms with Crippen molar-refractivity contribution in [1.29, 1.82) is 0 Å². The van der Waals surface area contributed by atoms with Crippen molar-refractivity contribution >= 4 is 34.7 Å². The first kappa shape index (κ1) is 15.1. The molecular formula is C13H19N5S2. The quantitative estimate of drug-likeness (QED) is 0.628. The maximum absolute atomic E-state index is 4.50.